The van der Waals surface area contributed by atoms with Gasteiger partial charge in [0.25, 0.3) is 0 Å². The van der Waals surface area contributed by atoms with Crippen molar-refractivity contribution in [3.63, 3.8) is 0 Å². The molecule has 0 amide bonds. The highest BCUT2D eigenvalue weighted by atomic mass is 19.1. The number of aromatic nitrogens is 2. The Bertz CT molecular complexity index is 888. The normalized spacial score (nSPS) is 10.8. The molecule has 2 aromatic carbocycles. The number of rotatable bonds is 5. The lowest BCUT2D eigenvalue weighted by Crippen LogP contribution is -2.05. The largest absolute Gasteiger partial charge is 0.340 e. The van der Waals surface area contributed by atoms with Gasteiger partial charge < -0.3 is 10.6 Å². The summed E-state index contributed by atoms with van der Waals surface area (Å²) >= 11 is 0. The SMILES string of the molecule is Cc1cc(Nc2ccc(C(C)C)cc2)nc(Nc2c(F)cccc2F)n1. The van der Waals surface area contributed by atoms with E-state index < -0.39 is 11.6 Å². The summed E-state index contributed by atoms with van der Waals surface area (Å²) in [4.78, 5) is 8.49. The number of hydrogen-bond donors (Lipinski definition) is 2. The molecule has 1 heterocycles. The molecule has 0 fully saturated rings. The van der Waals surface area contributed by atoms with Crippen LogP contribution in [0.1, 0.15) is 31.0 Å². The highest BCUT2D eigenvalue weighted by Gasteiger charge is 2.11. The van der Waals surface area contributed by atoms with Crippen molar-refractivity contribution in [1.29, 1.82) is 0 Å². The van der Waals surface area contributed by atoms with E-state index in [0.29, 0.717) is 17.4 Å². The van der Waals surface area contributed by atoms with E-state index in [4.69, 9.17) is 0 Å². The van der Waals surface area contributed by atoms with E-state index in [1.54, 1.807) is 13.0 Å². The maximum Gasteiger partial charge on any atom is 0.229 e. The molecular formula is C20H20F2N4. The number of nitrogens with one attached hydrogen (secondary N) is 2. The summed E-state index contributed by atoms with van der Waals surface area (Å²) in [5.74, 6) is -0.288. The van der Waals surface area contributed by atoms with Gasteiger partial charge in [0.2, 0.25) is 5.95 Å². The van der Waals surface area contributed by atoms with Gasteiger partial charge in [-0.2, -0.15) is 4.98 Å². The van der Waals surface area contributed by atoms with Crippen molar-refractivity contribution >= 4 is 23.1 Å². The van der Waals surface area contributed by atoms with Crippen LogP contribution >= 0.6 is 0 Å². The van der Waals surface area contributed by atoms with E-state index in [0.717, 1.165) is 5.69 Å². The molecule has 0 spiro atoms. The van der Waals surface area contributed by atoms with Crippen LogP contribution in [0.15, 0.2) is 48.5 Å². The Morgan fingerprint density at radius 3 is 2.15 bits per heavy atom. The Balaban J connectivity index is 1.83. The Morgan fingerprint density at radius 1 is 0.885 bits per heavy atom. The fourth-order valence-electron chi connectivity index (χ4n) is 2.52. The number of hydrogen-bond acceptors (Lipinski definition) is 4. The second-order valence-electron chi connectivity index (χ2n) is 6.34. The van der Waals surface area contributed by atoms with Crippen molar-refractivity contribution in [2.45, 2.75) is 26.7 Å². The molecule has 0 aliphatic heterocycles. The molecule has 26 heavy (non-hydrogen) atoms. The zero-order valence-corrected chi connectivity index (χ0v) is 14.8. The average molecular weight is 354 g/mol. The fourth-order valence-corrected chi connectivity index (χ4v) is 2.52. The molecule has 0 atom stereocenters. The summed E-state index contributed by atoms with van der Waals surface area (Å²) in [6, 6.07) is 13.5. The zero-order chi connectivity index (χ0) is 18.7. The van der Waals surface area contributed by atoms with Crippen molar-refractivity contribution in [3.05, 3.63) is 71.4 Å². The number of anilines is 4. The molecule has 134 valence electrons. The van der Waals surface area contributed by atoms with Crippen LogP contribution in [-0.4, -0.2) is 9.97 Å². The minimum absolute atomic E-state index is 0.121. The Labute approximate surface area is 151 Å². The molecule has 0 radical (unpaired) electrons. The maximum absolute atomic E-state index is 13.8. The maximum atomic E-state index is 13.8. The van der Waals surface area contributed by atoms with Crippen LogP contribution in [-0.2, 0) is 0 Å². The highest BCUT2D eigenvalue weighted by molar-refractivity contribution is 5.61. The first-order valence-electron chi connectivity index (χ1n) is 8.36. The monoisotopic (exact) mass is 354 g/mol. The molecule has 0 aliphatic carbocycles. The number of nitrogens with zero attached hydrogens (tertiary/aromatic N) is 2. The van der Waals surface area contributed by atoms with E-state index >= 15 is 0 Å². The smallest absolute Gasteiger partial charge is 0.229 e. The molecule has 0 bridgehead atoms. The van der Waals surface area contributed by atoms with Gasteiger partial charge in [0.05, 0.1) is 0 Å². The molecule has 3 rings (SSSR count). The highest BCUT2D eigenvalue weighted by Crippen LogP contribution is 2.24. The van der Waals surface area contributed by atoms with Gasteiger partial charge in [-0.3, -0.25) is 0 Å². The van der Waals surface area contributed by atoms with Gasteiger partial charge in [0.1, 0.15) is 23.1 Å². The van der Waals surface area contributed by atoms with E-state index in [9.17, 15) is 8.78 Å². The number of benzene rings is 2. The van der Waals surface area contributed by atoms with Crippen LogP contribution in [0, 0.1) is 18.6 Å². The van der Waals surface area contributed by atoms with Crippen molar-refractivity contribution in [1.82, 2.24) is 9.97 Å². The summed E-state index contributed by atoms with van der Waals surface area (Å²) < 4.78 is 27.6. The zero-order valence-electron chi connectivity index (χ0n) is 14.8. The third kappa shape index (κ3) is 4.14. The quantitative estimate of drug-likeness (QED) is 0.619. The van der Waals surface area contributed by atoms with E-state index in [2.05, 4.69) is 46.6 Å². The average Bonchev–Trinajstić information content (AvgIpc) is 2.58. The predicted molar refractivity (Wildman–Crippen MR) is 100 cm³/mol. The number of aryl methyl sites for hydroxylation is 1. The van der Waals surface area contributed by atoms with E-state index in [1.807, 2.05) is 12.1 Å². The van der Waals surface area contributed by atoms with Gasteiger partial charge in [0.15, 0.2) is 0 Å². The van der Waals surface area contributed by atoms with Crippen LogP contribution in [0.2, 0.25) is 0 Å². The second kappa shape index (κ2) is 7.47. The van der Waals surface area contributed by atoms with Crippen LogP contribution < -0.4 is 10.6 Å². The molecule has 3 aromatic rings. The van der Waals surface area contributed by atoms with Crippen LogP contribution in [0.5, 0.6) is 0 Å². The second-order valence-corrected chi connectivity index (χ2v) is 6.34. The molecule has 4 nitrogen and oxygen atoms in total. The van der Waals surface area contributed by atoms with Crippen molar-refractivity contribution < 1.29 is 8.78 Å². The first-order chi connectivity index (χ1) is 12.4. The number of para-hydroxylation sites is 1. The Kier molecular flexibility index (Phi) is 5.11. The van der Waals surface area contributed by atoms with Gasteiger partial charge in [0, 0.05) is 17.4 Å². The summed E-state index contributed by atoms with van der Waals surface area (Å²) in [7, 11) is 0. The third-order valence-corrected chi connectivity index (χ3v) is 3.90. The standard InChI is InChI=1S/C20H20F2N4/c1-12(2)14-7-9-15(10-8-14)24-18-11-13(3)23-20(25-18)26-19-16(21)5-4-6-17(19)22/h4-12H,1-3H3,(H2,23,24,25,26). The first kappa shape index (κ1) is 17.8. The van der Waals surface area contributed by atoms with E-state index in [-0.39, 0.29) is 11.6 Å². The summed E-state index contributed by atoms with van der Waals surface area (Å²) in [5.41, 5.74) is 2.51. The van der Waals surface area contributed by atoms with Crippen LogP contribution in [0.4, 0.5) is 31.9 Å². The molecule has 0 saturated carbocycles. The summed E-state index contributed by atoms with van der Waals surface area (Å²) in [5, 5.41) is 5.81. The lowest BCUT2D eigenvalue weighted by atomic mass is 10.0. The topological polar surface area (TPSA) is 49.8 Å². The van der Waals surface area contributed by atoms with Crippen molar-refractivity contribution in [2.24, 2.45) is 0 Å². The molecule has 1 aromatic heterocycles. The van der Waals surface area contributed by atoms with Gasteiger partial charge in [-0.15, -0.1) is 0 Å². The van der Waals surface area contributed by atoms with E-state index in [1.165, 1.54) is 23.8 Å². The molecule has 6 heteroatoms. The molecule has 0 aliphatic rings. The van der Waals surface area contributed by atoms with Crippen LogP contribution in [0.3, 0.4) is 0 Å². The number of halogens is 2. The van der Waals surface area contributed by atoms with Gasteiger partial charge >= 0.3 is 0 Å². The third-order valence-electron chi connectivity index (χ3n) is 3.90. The van der Waals surface area contributed by atoms with Gasteiger partial charge in [-0.25, -0.2) is 13.8 Å². The summed E-state index contributed by atoms with van der Waals surface area (Å²) in [6.07, 6.45) is 0. The lowest BCUT2D eigenvalue weighted by molar-refractivity contribution is 0.590. The first-order valence-corrected chi connectivity index (χ1v) is 8.36. The minimum atomic E-state index is -0.700. The van der Waals surface area contributed by atoms with Crippen LogP contribution in [0.25, 0.3) is 0 Å². The van der Waals surface area contributed by atoms with Gasteiger partial charge in [-0.1, -0.05) is 32.0 Å². The van der Waals surface area contributed by atoms with Gasteiger partial charge in [-0.05, 0) is 42.7 Å². The summed E-state index contributed by atoms with van der Waals surface area (Å²) in [6.45, 7) is 6.06. The van der Waals surface area contributed by atoms with Crippen molar-refractivity contribution in [2.75, 3.05) is 10.6 Å². The molecule has 2 N–H and O–H groups in total. The Hall–Kier alpha value is -3.02. The molecular weight excluding hydrogens is 334 g/mol. The van der Waals surface area contributed by atoms with Crippen molar-refractivity contribution in [3.8, 4) is 0 Å². The molecule has 0 unspecified atom stereocenters. The fraction of sp³-hybridized carbons (Fsp3) is 0.200. The Morgan fingerprint density at radius 2 is 1.54 bits per heavy atom. The predicted octanol–water partition coefficient (Wildman–Crippen LogP) is 5.67. The molecule has 0 saturated heterocycles. The minimum Gasteiger partial charge on any atom is -0.340 e. The lowest BCUT2D eigenvalue weighted by Gasteiger charge is -2.12.